The molecule has 0 saturated carbocycles. The molecule has 0 bridgehead atoms. The van der Waals surface area contributed by atoms with Gasteiger partial charge in [-0.1, -0.05) is 12.1 Å². The smallest absolute Gasteiger partial charge is 0.328 e. The van der Waals surface area contributed by atoms with Crippen molar-refractivity contribution < 1.29 is 4.79 Å². The van der Waals surface area contributed by atoms with E-state index in [9.17, 15) is 14.4 Å². The number of nitrogens with zero attached hydrogens (tertiary/aromatic N) is 3. The molecule has 0 fully saturated rings. The predicted molar refractivity (Wildman–Crippen MR) is 115 cm³/mol. The average Bonchev–Trinajstić information content (AvgIpc) is 3.13. The van der Waals surface area contributed by atoms with Crippen LogP contribution in [0.1, 0.15) is 28.7 Å². The Hall–Kier alpha value is -3.94. The van der Waals surface area contributed by atoms with Crippen molar-refractivity contribution in [3.63, 3.8) is 0 Å². The summed E-state index contributed by atoms with van der Waals surface area (Å²) < 4.78 is 3.16. The van der Waals surface area contributed by atoms with Gasteiger partial charge in [-0.05, 0) is 49.7 Å². The Morgan fingerprint density at radius 1 is 1.13 bits per heavy atom. The van der Waals surface area contributed by atoms with Crippen molar-refractivity contribution >= 4 is 22.5 Å². The molecule has 30 heavy (non-hydrogen) atoms. The molecule has 0 radical (unpaired) electrons. The highest BCUT2D eigenvalue weighted by atomic mass is 16.2. The van der Waals surface area contributed by atoms with Crippen LogP contribution in [-0.2, 0) is 13.1 Å². The van der Waals surface area contributed by atoms with E-state index in [0.29, 0.717) is 28.7 Å². The number of imidazole rings is 1. The Morgan fingerprint density at radius 2 is 1.90 bits per heavy atom. The number of anilines is 1. The summed E-state index contributed by atoms with van der Waals surface area (Å²) in [5, 5.41) is 3.21. The summed E-state index contributed by atoms with van der Waals surface area (Å²) in [6.07, 6.45) is 3.68. The maximum absolute atomic E-state index is 12.6. The van der Waals surface area contributed by atoms with Gasteiger partial charge < -0.3 is 14.9 Å². The van der Waals surface area contributed by atoms with Crippen LogP contribution in [0, 0.1) is 6.92 Å². The molecule has 152 valence electrons. The fraction of sp³-hybridized carbons (Fsp3) is 0.182. The minimum absolute atomic E-state index is 0.281. The maximum Gasteiger partial charge on any atom is 0.328 e. The predicted octanol–water partition coefficient (Wildman–Crippen LogP) is 2.52. The number of aryl methyl sites for hydroxylation is 1. The molecule has 8 heteroatoms. The lowest BCUT2D eigenvalue weighted by atomic mass is 10.1. The van der Waals surface area contributed by atoms with Crippen molar-refractivity contribution in [2.75, 3.05) is 5.32 Å². The average molecular weight is 403 g/mol. The SMILES string of the molecule is CCn1c(=O)[nH]c2cc(C(=O)Nc3ccc(Cn4ccnc4C)cc3)ccc2c1=O. The lowest BCUT2D eigenvalue weighted by Gasteiger charge is -2.09. The molecule has 0 unspecified atom stereocenters. The molecular formula is C22H21N5O3. The second kappa shape index (κ2) is 7.82. The fourth-order valence-electron chi connectivity index (χ4n) is 3.35. The molecule has 0 aliphatic heterocycles. The quantitative estimate of drug-likeness (QED) is 0.535. The highest BCUT2D eigenvalue weighted by molar-refractivity contribution is 6.06. The molecule has 4 rings (SSSR count). The number of aromatic amines is 1. The molecule has 4 aromatic rings. The number of hydrogen-bond donors (Lipinski definition) is 2. The van der Waals surface area contributed by atoms with Gasteiger partial charge in [-0.2, -0.15) is 0 Å². The molecule has 1 amide bonds. The highest BCUT2D eigenvalue weighted by Crippen LogP contribution is 2.15. The van der Waals surface area contributed by atoms with Gasteiger partial charge in [-0.25, -0.2) is 9.78 Å². The zero-order chi connectivity index (χ0) is 21.3. The van der Waals surface area contributed by atoms with Crippen LogP contribution in [0.5, 0.6) is 0 Å². The van der Waals surface area contributed by atoms with E-state index < -0.39 is 5.69 Å². The number of hydrogen-bond acceptors (Lipinski definition) is 4. The number of rotatable bonds is 5. The summed E-state index contributed by atoms with van der Waals surface area (Å²) in [4.78, 5) is 43.9. The Balaban J connectivity index is 1.53. The van der Waals surface area contributed by atoms with Crippen molar-refractivity contribution in [2.45, 2.75) is 26.9 Å². The third kappa shape index (κ3) is 3.67. The second-order valence-corrected chi connectivity index (χ2v) is 6.99. The molecule has 2 aromatic carbocycles. The molecule has 0 spiro atoms. The van der Waals surface area contributed by atoms with Crippen molar-refractivity contribution in [1.82, 2.24) is 19.1 Å². The summed E-state index contributed by atoms with van der Waals surface area (Å²) in [6.45, 7) is 4.66. The maximum atomic E-state index is 12.6. The molecule has 0 aliphatic rings. The van der Waals surface area contributed by atoms with Gasteiger partial charge >= 0.3 is 5.69 Å². The van der Waals surface area contributed by atoms with Crippen molar-refractivity contribution in [3.8, 4) is 0 Å². The van der Waals surface area contributed by atoms with Crippen molar-refractivity contribution in [2.24, 2.45) is 0 Å². The molecule has 2 aromatic heterocycles. The Labute approximate surface area is 171 Å². The minimum atomic E-state index is -0.490. The van der Waals surface area contributed by atoms with Gasteiger partial charge in [0.25, 0.3) is 11.5 Å². The Bertz CT molecular complexity index is 1350. The summed E-state index contributed by atoms with van der Waals surface area (Å²) in [5.41, 5.74) is 1.58. The third-order valence-corrected chi connectivity index (χ3v) is 5.05. The minimum Gasteiger partial charge on any atom is -0.331 e. The van der Waals surface area contributed by atoms with Crippen LogP contribution < -0.4 is 16.6 Å². The van der Waals surface area contributed by atoms with Crippen LogP contribution in [0.4, 0.5) is 5.69 Å². The molecular weight excluding hydrogens is 382 g/mol. The van der Waals surface area contributed by atoms with E-state index in [1.807, 2.05) is 42.0 Å². The lowest BCUT2D eigenvalue weighted by molar-refractivity contribution is 0.102. The second-order valence-electron chi connectivity index (χ2n) is 6.99. The zero-order valence-electron chi connectivity index (χ0n) is 16.7. The number of carbonyl (C=O) groups excluding carboxylic acids is 1. The molecule has 2 N–H and O–H groups in total. The van der Waals surface area contributed by atoms with E-state index >= 15 is 0 Å². The summed E-state index contributed by atoms with van der Waals surface area (Å²) >= 11 is 0. The molecule has 2 heterocycles. The van der Waals surface area contributed by atoms with E-state index in [1.165, 1.54) is 6.07 Å². The molecule has 0 saturated heterocycles. The normalized spacial score (nSPS) is 11.0. The topological polar surface area (TPSA) is 102 Å². The van der Waals surface area contributed by atoms with E-state index in [4.69, 9.17) is 0 Å². The largest absolute Gasteiger partial charge is 0.331 e. The third-order valence-electron chi connectivity index (χ3n) is 5.05. The fourth-order valence-corrected chi connectivity index (χ4v) is 3.35. The first-order valence-corrected chi connectivity index (χ1v) is 9.61. The van der Waals surface area contributed by atoms with Gasteiger partial charge in [0.15, 0.2) is 0 Å². The first-order valence-electron chi connectivity index (χ1n) is 9.61. The number of fused-ring (bicyclic) bond motifs is 1. The van der Waals surface area contributed by atoms with E-state index in [0.717, 1.165) is 16.0 Å². The zero-order valence-corrected chi connectivity index (χ0v) is 16.7. The first-order chi connectivity index (χ1) is 14.5. The van der Waals surface area contributed by atoms with Gasteiger partial charge in [0.1, 0.15) is 5.82 Å². The Kier molecular flexibility index (Phi) is 5.05. The summed E-state index contributed by atoms with van der Waals surface area (Å²) in [7, 11) is 0. The number of nitrogens with one attached hydrogen (secondary N) is 2. The number of amides is 1. The van der Waals surface area contributed by atoms with E-state index in [1.54, 1.807) is 25.3 Å². The van der Waals surface area contributed by atoms with Gasteiger partial charge in [0, 0.05) is 36.7 Å². The number of H-pyrrole nitrogens is 1. The lowest BCUT2D eigenvalue weighted by Crippen LogP contribution is -2.34. The van der Waals surface area contributed by atoms with Crippen molar-refractivity contribution in [1.29, 1.82) is 0 Å². The van der Waals surface area contributed by atoms with Crippen LogP contribution in [0.25, 0.3) is 10.9 Å². The highest BCUT2D eigenvalue weighted by Gasteiger charge is 2.11. The van der Waals surface area contributed by atoms with Crippen LogP contribution in [-0.4, -0.2) is 25.0 Å². The number of benzene rings is 2. The molecule has 8 nitrogen and oxygen atoms in total. The standard InChI is InChI=1S/C22H21N5O3/c1-3-27-21(29)18-9-6-16(12-19(18)25-22(27)30)20(28)24-17-7-4-15(5-8-17)13-26-11-10-23-14(26)2/h4-12H,3,13H2,1-2H3,(H,24,28)(H,25,30). The van der Waals surface area contributed by atoms with Gasteiger partial charge in [-0.3, -0.25) is 14.2 Å². The summed E-state index contributed by atoms with van der Waals surface area (Å²) in [6, 6.07) is 12.2. The number of aromatic nitrogens is 4. The van der Waals surface area contributed by atoms with Crippen LogP contribution >= 0.6 is 0 Å². The van der Waals surface area contributed by atoms with E-state index in [-0.39, 0.29) is 18.0 Å². The molecule has 0 atom stereocenters. The van der Waals surface area contributed by atoms with Gasteiger partial charge in [0.05, 0.1) is 10.9 Å². The van der Waals surface area contributed by atoms with Crippen LogP contribution in [0.2, 0.25) is 0 Å². The van der Waals surface area contributed by atoms with Crippen LogP contribution in [0.15, 0.2) is 64.4 Å². The van der Waals surface area contributed by atoms with E-state index in [2.05, 4.69) is 15.3 Å². The van der Waals surface area contributed by atoms with Crippen LogP contribution in [0.3, 0.4) is 0 Å². The van der Waals surface area contributed by atoms with Gasteiger partial charge in [0.2, 0.25) is 0 Å². The van der Waals surface area contributed by atoms with Gasteiger partial charge in [-0.15, -0.1) is 0 Å². The Morgan fingerprint density at radius 3 is 2.57 bits per heavy atom. The monoisotopic (exact) mass is 403 g/mol. The first kappa shape index (κ1) is 19.4. The number of carbonyl (C=O) groups is 1. The van der Waals surface area contributed by atoms with Crippen molar-refractivity contribution in [3.05, 3.63) is 92.6 Å². The summed E-state index contributed by atoms with van der Waals surface area (Å²) in [5.74, 6) is 0.614. The molecule has 0 aliphatic carbocycles.